The fourth-order valence-electron chi connectivity index (χ4n) is 1.57. The van der Waals surface area contributed by atoms with Gasteiger partial charge in [-0.1, -0.05) is 0 Å². The number of hydrogen-bond acceptors (Lipinski definition) is 5. The lowest BCUT2D eigenvalue weighted by Crippen LogP contribution is -2.38. The second-order valence-electron chi connectivity index (χ2n) is 4.23. The zero-order chi connectivity index (χ0) is 14.6. The largest absolute Gasteiger partial charge is 0.465 e. The average Bonchev–Trinajstić information content (AvgIpc) is 2.36. The highest BCUT2D eigenvalue weighted by molar-refractivity contribution is 7.89. The van der Waals surface area contributed by atoms with Gasteiger partial charge in [0, 0.05) is 12.6 Å². The van der Waals surface area contributed by atoms with Gasteiger partial charge in [-0.25, -0.2) is 17.9 Å². The molecule has 19 heavy (non-hydrogen) atoms. The lowest BCUT2D eigenvalue weighted by Gasteiger charge is -2.14. The van der Waals surface area contributed by atoms with Crippen LogP contribution < -0.4 is 10.5 Å². The van der Waals surface area contributed by atoms with Gasteiger partial charge < -0.3 is 10.5 Å². The number of methoxy groups -OCH3 is 1. The second kappa shape index (κ2) is 6.14. The van der Waals surface area contributed by atoms with Crippen molar-refractivity contribution in [3.63, 3.8) is 0 Å². The maximum atomic E-state index is 12.1. The molecule has 0 saturated carbocycles. The molecule has 0 saturated heterocycles. The van der Waals surface area contributed by atoms with Crippen molar-refractivity contribution in [2.45, 2.75) is 24.8 Å². The monoisotopic (exact) mass is 286 g/mol. The van der Waals surface area contributed by atoms with E-state index in [4.69, 9.17) is 5.73 Å². The summed E-state index contributed by atoms with van der Waals surface area (Å²) in [5.41, 5.74) is 6.17. The first-order valence-corrected chi connectivity index (χ1v) is 7.21. The van der Waals surface area contributed by atoms with E-state index in [0.29, 0.717) is 11.1 Å². The minimum atomic E-state index is -3.63. The number of sulfonamides is 1. The van der Waals surface area contributed by atoms with Gasteiger partial charge in [0.25, 0.3) is 0 Å². The maximum Gasteiger partial charge on any atom is 0.337 e. The summed E-state index contributed by atoms with van der Waals surface area (Å²) in [7, 11) is -2.36. The van der Waals surface area contributed by atoms with Crippen molar-refractivity contribution in [1.82, 2.24) is 4.72 Å². The summed E-state index contributed by atoms with van der Waals surface area (Å²) in [5, 5.41) is 0. The zero-order valence-electron chi connectivity index (χ0n) is 11.1. The topological polar surface area (TPSA) is 98.5 Å². The van der Waals surface area contributed by atoms with Crippen molar-refractivity contribution in [1.29, 1.82) is 0 Å². The van der Waals surface area contributed by atoms with Crippen LogP contribution in [0.4, 0.5) is 0 Å². The molecule has 0 amide bonds. The number of carbonyl (C=O) groups is 1. The van der Waals surface area contributed by atoms with Crippen LogP contribution in [0.1, 0.15) is 22.8 Å². The van der Waals surface area contributed by atoms with Gasteiger partial charge in [0.2, 0.25) is 10.0 Å². The molecule has 0 aliphatic carbocycles. The van der Waals surface area contributed by atoms with Crippen LogP contribution in [0.15, 0.2) is 23.1 Å². The smallest absolute Gasteiger partial charge is 0.337 e. The molecule has 0 spiro atoms. The molecule has 1 rings (SSSR count). The van der Waals surface area contributed by atoms with Gasteiger partial charge in [-0.05, 0) is 37.6 Å². The molecule has 106 valence electrons. The molecule has 0 unspecified atom stereocenters. The first-order valence-electron chi connectivity index (χ1n) is 5.73. The highest BCUT2D eigenvalue weighted by Gasteiger charge is 2.20. The molecule has 7 heteroatoms. The van der Waals surface area contributed by atoms with E-state index < -0.39 is 16.0 Å². The Bertz CT molecular complexity index is 569. The Morgan fingerprint density at radius 1 is 1.47 bits per heavy atom. The molecule has 1 aromatic rings. The van der Waals surface area contributed by atoms with Gasteiger partial charge in [-0.2, -0.15) is 0 Å². The molecular weight excluding hydrogens is 268 g/mol. The number of nitrogens with one attached hydrogen (secondary N) is 1. The van der Waals surface area contributed by atoms with Gasteiger partial charge in [0.15, 0.2) is 0 Å². The SMILES string of the molecule is COC(=O)c1ccc(S(=O)(=O)N[C@@H](C)CN)c(C)c1. The molecule has 0 aliphatic rings. The molecule has 0 fully saturated rings. The van der Waals surface area contributed by atoms with E-state index in [1.54, 1.807) is 13.8 Å². The molecule has 1 atom stereocenters. The van der Waals surface area contributed by atoms with Gasteiger partial charge in [-0.15, -0.1) is 0 Å². The van der Waals surface area contributed by atoms with Crippen molar-refractivity contribution >= 4 is 16.0 Å². The Labute approximate surface area is 113 Å². The van der Waals surface area contributed by atoms with E-state index in [1.807, 2.05) is 0 Å². The van der Waals surface area contributed by atoms with Crippen LogP contribution in [0, 0.1) is 6.92 Å². The Morgan fingerprint density at radius 3 is 2.58 bits per heavy atom. The summed E-state index contributed by atoms with van der Waals surface area (Å²) in [6.45, 7) is 3.50. The summed E-state index contributed by atoms with van der Waals surface area (Å²) in [6, 6.07) is 3.92. The van der Waals surface area contributed by atoms with Crippen LogP contribution in [0.5, 0.6) is 0 Å². The Balaban J connectivity index is 3.12. The van der Waals surface area contributed by atoms with Crippen LogP contribution in [0.3, 0.4) is 0 Å². The Hall–Kier alpha value is -1.44. The molecule has 0 aromatic heterocycles. The fraction of sp³-hybridized carbons (Fsp3) is 0.417. The normalized spacial score (nSPS) is 13.1. The van der Waals surface area contributed by atoms with E-state index in [-0.39, 0.29) is 17.5 Å². The Kier molecular flexibility index (Phi) is 5.04. The third kappa shape index (κ3) is 3.76. The minimum absolute atomic E-state index is 0.125. The summed E-state index contributed by atoms with van der Waals surface area (Å²) in [4.78, 5) is 11.5. The van der Waals surface area contributed by atoms with Crippen molar-refractivity contribution in [2.75, 3.05) is 13.7 Å². The van der Waals surface area contributed by atoms with Crippen molar-refractivity contribution in [2.24, 2.45) is 5.73 Å². The molecule has 0 heterocycles. The van der Waals surface area contributed by atoms with E-state index in [0.717, 1.165) is 0 Å². The molecule has 6 nitrogen and oxygen atoms in total. The number of aryl methyl sites for hydroxylation is 1. The number of hydrogen-bond donors (Lipinski definition) is 2. The van der Waals surface area contributed by atoms with Crippen molar-refractivity contribution in [3.05, 3.63) is 29.3 Å². The Morgan fingerprint density at radius 2 is 2.11 bits per heavy atom. The lowest BCUT2D eigenvalue weighted by molar-refractivity contribution is 0.0600. The predicted octanol–water partition coefficient (Wildman–Crippen LogP) is 0.407. The average molecular weight is 286 g/mol. The van der Waals surface area contributed by atoms with Crippen LogP contribution in [0.2, 0.25) is 0 Å². The van der Waals surface area contributed by atoms with E-state index in [2.05, 4.69) is 9.46 Å². The number of nitrogens with two attached hydrogens (primary N) is 1. The van der Waals surface area contributed by atoms with Crippen molar-refractivity contribution < 1.29 is 17.9 Å². The fourth-order valence-corrected chi connectivity index (χ4v) is 3.06. The number of carbonyl (C=O) groups excluding carboxylic acids is 1. The highest BCUT2D eigenvalue weighted by atomic mass is 32.2. The van der Waals surface area contributed by atoms with Crippen LogP contribution in [0.25, 0.3) is 0 Å². The molecule has 0 radical (unpaired) electrons. The first kappa shape index (κ1) is 15.6. The van der Waals surface area contributed by atoms with Gasteiger partial charge >= 0.3 is 5.97 Å². The minimum Gasteiger partial charge on any atom is -0.465 e. The maximum absolute atomic E-state index is 12.1. The number of ether oxygens (including phenoxy) is 1. The number of esters is 1. The summed E-state index contributed by atoms with van der Waals surface area (Å²) < 4.78 is 31.2. The van der Waals surface area contributed by atoms with Gasteiger partial charge in [0.05, 0.1) is 17.6 Å². The predicted molar refractivity (Wildman–Crippen MR) is 71.4 cm³/mol. The third-order valence-corrected chi connectivity index (χ3v) is 4.35. The molecule has 3 N–H and O–H groups in total. The summed E-state index contributed by atoms with van der Waals surface area (Å²) >= 11 is 0. The summed E-state index contributed by atoms with van der Waals surface area (Å²) in [5.74, 6) is -0.504. The third-order valence-electron chi connectivity index (χ3n) is 2.60. The van der Waals surface area contributed by atoms with Gasteiger partial charge in [-0.3, -0.25) is 0 Å². The molecule has 0 aliphatic heterocycles. The van der Waals surface area contributed by atoms with E-state index in [1.165, 1.54) is 25.3 Å². The standard InChI is InChI=1S/C12H18N2O4S/c1-8-6-10(12(15)18-3)4-5-11(8)19(16,17)14-9(2)7-13/h4-6,9,14H,7,13H2,1-3H3/t9-/m0/s1. The van der Waals surface area contributed by atoms with Crippen LogP contribution in [-0.4, -0.2) is 34.1 Å². The number of benzene rings is 1. The van der Waals surface area contributed by atoms with Crippen LogP contribution >= 0.6 is 0 Å². The van der Waals surface area contributed by atoms with Gasteiger partial charge in [0.1, 0.15) is 0 Å². The molecule has 1 aromatic carbocycles. The highest BCUT2D eigenvalue weighted by Crippen LogP contribution is 2.17. The zero-order valence-corrected chi connectivity index (χ0v) is 12.0. The van der Waals surface area contributed by atoms with E-state index >= 15 is 0 Å². The number of rotatable bonds is 5. The lowest BCUT2D eigenvalue weighted by atomic mass is 10.1. The van der Waals surface area contributed by atoms with Crippen molar-refractivity contribution in [3.8, 4) is 0 Å². The quantitative estimate of drug-likeness (QED) is 0.764. The van der Waals surface area contributed by atoms with E-state index in [9.17, 15) is 13.2 Å². The molecular formula is C12H18N2O4S. The summed E-state index contributed by atoms with van der Waals surface area (Å²) in [6.07, 6.45) is 0. The van der Waals surface area contributed by atoms with Crippen LogP contribution in [-0.2, 0) is 14.8 Å². The first-order chi connectivity index (χ1) is 8.81. The molecule has 0 bridgehead atoms. The second-order valence-corrected chi connectivity index (χ2v) is 5.91.